The molecule has 24 heavy (non-hydrogen) atoms. The molecule has 0 radical (unpaired) electrons. The van der Waals surface area contributed by atoms with E-state index in [0.717, 1.165) is 37.5 Å². The van der Waals surface area contributed by atoms with Crippen LogP contribution in [0.4, 0.5) is 0 Å². The first-order valence-corrected chi connectivity index (χ1v) is 8.84. The molecule has 0 aromatic carbocycles. The summed E-state index contributed by atoms with van der Waals surface area (Å²) in [6, 6.07) is 2.13. The third-order valence-electron chi connectivity index (χ3n) is 4.97. The highest BCUT2D eigenvalue weighted by Gasteiger charge is 2.31. The van der Waals surface area contributed by atoms with Crippen LogP contribution in [0.5, 0.6) is 0 Å². The Morgan fingerprint density at radius 3 is 2.88 bits per heavy atom. The molecule has 0 bridgehead atoms. The molecule has 6 heteroatoms. The lowest BCUT2D eigenvalue weighted by Crippen LogP contribution is -2.48. The minimum atomic E-state index is -0.00772. The summed E-state index contributed by atoms with van der Waals surface area (Å²) in [7, 11) is 2.10. The van der Waals surface area contributed by atoms with Crippen molar-refractivity contribution in [3.8, 4) is 0 Å². The second-order valence-electron chi connectivity index (χ2n) is 7.14. The molecule has 134 valence electrons. The summed E-state index contributed by atoms with van der Waals surface area (Å²) in [6.45, 7) is 9.19. The van der Waals surface area contributed by atoms with Gasteiger partial charge in [-0.15, -0.1) is 0 Å². The first-order chi connectivity index (χ1) is 11.5. The Morgan fingerprint density at radius 2 is 2.25 bits per heavy atom. The third kappa shape index (κ3) is 4.18. The van der Waals surface area contributed by atoms with E-state index in [1.54, 1.807) is 0 Å². The zero-order chi connectivity index (χ0) is 17.1. The number of morpholine rings is 1. The number of aromatic amines is 1. The zero-order valence-electron chi connectivity index (χ0n) is 15.0. The highest BCUT2D eigenvalue weighted by atomic mass is 16.5. The van der Waals surface area contributed by atoms with Crippen LogP contribution in [0.1, 0.15) is 23.4 Å². The van der Waals surface area contributed by atoms with Crippen LogP contribution in [0.2, 0.25) is 0 Å². The Kier molecular flexibility index (Phi) is 5.58. The minimum absolute atomic E-state index is 0.00772. The molecular weight excluding hydrogens is 306 g/mol. The number of ether oxygens (including phenoxy) is 2. The number of H-pyrrole nitrogens is 1. The van der Waals surface area contributed by atoms with Crippen molar-refractivity contribution in [3.05, 3.63) is 23.0 Å². The number of likely N-dealkylation sites (N-methyl/N-ethyl adjacent to an activating group) is 1. The molecule has 1 amide bonds. The molecule has 1 N–H and O–H groups in total. The summed E-state index contributed by atoms with van der Waals surface area (Å²) in [5.41, 5.74) is 3.45. The number of rotatable bonds is 5. The normalized spacial score (nSPS) is 25.1. The zero-order valence-corrected chi connectivity index (χ0v) is 15.0. The van der Waals surface area contributed by atoms with Crippen LogP contribution in [0.15, 0.2) is 6.07 Å². The smallest absolute Gasteiger partial charge is 0.228 e. The van der Waals surface area contributed by atoms with E-state index in [4.69, 9.17) is 9.47 Å². The average Bonchev–Trinajstić information content (AvgIpc) is 3.16. The largest absolute Gasteiger partial charge is 0.381 e. The van der Waals surface area contributed by atoms with Crippen molar-refractivity contribution in [2.75, 3.05) is 46.5 Å². The van der Waals surface area contributed by atoms with Gasteiger partial charge in [0.25, 0.3) is 0 Å². The van der Waals surface area contributed by atoms with Crippen molar-refractivity contribution in [3.63, 3.8) is 0 Å². The lowest BCUT2D eigenvalue weighted by atomic mass is 10.1. The van der Waals surface area contributed by atoms with E-state index >= 15 is 0 Å². The number of nitrogens with one attached hydrogen (secondary N) is 1. The lowest BCUT2D eigenvalue weighted by Gasteiger charge is -2.34. The van der Waals surface area contributed by atoms with Gasteiger partial charge in [0.1, 0.15) is 0 Å². The van der Waals surface area contributed by atoms with E-state index in [-0.39, 0.29) is 17.9 Å². The summed E-state index contributed by atoms with van der Waals surface area (Å²) in [5, 5.41) is 0. The highest BCUT2D eigenvalue weighted by molar-refractivity contribution is 5.79. The first kappa shape index (κ1) is 17.5. The summed E-state index contributed by atoms with van der Waals surface area (Å²) in [6.07, 6.45) is 0.904. The van der Waals surface area contributed by atoms with Crippen molar-refractivity contribution < 1.29 is 14.3 Å². The molecule has 2 fully saturated rings. The fourth-order valence-corrected chi connectivity index (χ4v) is 3.59. The van der Waals surface area contributed by atoms with Gasteiger partial charge in [-0.2, -0.15) is 0 Å². The Labute approximate surface area is 144 Å². The van der Waals surface area contributed by atoms with E-state index in [2.05, 4.69) is 29.9 Å². The standard InChI is InChI=1S/C18H29N3O3/c1-13-8-16(14(2)19-13)9-21(18(22)15-4-6-23-12-15)11-17-10-20(3)5-7-24-17/h8,15,17,19H,4-7,9-12H2,1-3H3/t15-,17-/m0/s1. The molecule has 6 nitrogen and oxygen atoms in total. The Hall–Kier alpha value is -1.37. The Balaban J connectivity index is 1.72. The van der Waals surface area contributed by atoms with E-state index in [1.165, 1.54) is 5.56 Å². The molecular formula is C18H29N3O3. The van der Waals surface area contributed by atoms with Crippen molar-refractivity contribution in [1.82, 2.24) is 14.8 Å². The van der Waals surface area contributed by atoms with E-state index in [1.807, 2.05) is 11.8 Å². The maximum absolute atomic E-state index is 13.0. The van der Waals surface area contributed by atoms with Crippen LogP contribution in [-0.4, -0.2) is 73.3 Å². The highest BCUT2D eigenvalue weighted by Crippen LogP contribution is 2.20. The molecule has 0 aliphatic carbocycles. The van der Waals surface area contributed by atoms with Crippen LogP contribution < -0.4 is 0 Å². The molecule has 2 aliphatic rings. The van der Waals surface area contributed by atoms with Gasteiger partial charge < -0.3 is 24.3 Å². The van der Waals surface area contributed by atoms with Crippen LogP contribution in [0, 0.1) is 19.8 Å². The van der Waals surface area contributed by atoms with Crippen molar-refractivity contribution >= 4 is 5.91 Å². The van der Waals surface area contributed by atoms with E-state index < -0.39 is 0 Å². The fraction of sp³-hybridized carbons (Fsp3) is 0.722. The van der Waals surface area contributed by atoms with E-state index in [9.17, 15) is 4.79 Å². The summed E-state index contributed by atoms with van der Waals surface area (Å²) < 4.78 is 11.3. The number of carbonyl (C=O) groups excluding carboxylic acids is 1. The number of aromatic nitrogens is 1. The van der Waals surface area contributed by atoms with Gasteiger partial charge in [-0.05, 0) is 38.9 Å². The van der Waals surface area contributed by atoms with Gasteiger partial charge >= 0.3 is 0 Å². The minimum Gasteiger partial charge on any atom is -0.381 e. The van der Waals surface area contributed by atoms with Gasteiger partial charge in [0, 0.05) is 44.2 Å². The number of amides is 1. The fourth-order valence-electron chi connectivity index (χ4n) is 3.59. The number of hydrogen-bond acceptors (Lipinski definition) is 4. The topological polar surface area (TPSA) is 57.8 Å². The van der Waals surface area contributed by atoms with Gasteiger partial charge in [0.2, 0.25) is 5.91 Å². The van der Waals surface area contributed by atoms with Crippen LogP contribution in [-0.2, 0) is 20.8 Å². The molecule has 2 atom stereocenters. The van der Waals surface area contributed by atoms with Gasteiger partial charge in [-0.25, -0.2) is 0 Å². The molecule has 0 saturated carbocycles. The number of aryl methyl sites for hydroxylation is 2. The molecule has 2 aliphatic heterocycles. The third-order valence-corrected chi connectivity index (χ3v) is 4.97. The molecule has 3 heterocycles. The maximum Gasteiger partial charge on any atom is 0.228 e. The monoisotopic (exact) mass is 335 g/mol. The van der Waals surface area contributed by atoms with E-state index in [0.29, 0.717) is 26.3 Å². The summed E-state index contributed by atoms with van der Waals surface area (Å²) >= 11 is 0. The molecule has 0 unspecified atom stereocenters. The molecule has 0 spiro atoms. The second kappa shape index (κ2) is 7.68. The van der Waals surface area contributed by atoms with Gasteiger partial charge in [-0.3, -0.25) is 4.79 Å². The van der Waals surface area contributed by atoms with Crippen LogP contribution in [0.25, 0.3) is 0 Å². The molecule has 1 aromatic heterocycles. The summed E-state index contributed by atoms with van der Waals surface area (Å²) in [5.74, 6) is 0.189. The first-order valence-electron chi connectivity index (χ1n) is 8.84. The lowest BCUT2D eigenvalue weighted by molar-refractivity contribution is -0.139. The Bertz CT molecular complexity index is 566. The molecule has 3 rings (SSSR count). The summed E-state index contributed by atoms with van der Waals surface area (Å²) in [4.78, 5) is 20.6. The quantitative estimate of drug-likeness (QED) is 0.882. The van der Waals surface area contributed by atoms with Crippen molar-refractivity contribution in [2.45, 2.75) is 32.9 Å². The van der Waals surface area contributed by atoms with Crippen molar-refractivity contribution in [2.24, 2.45) is 5.92 Å². The predicted molar refractivity (Wildman–Crippen MR) is 91.8 cm³/mol. The van der Waals surface area contributed by atoms with Gasteiger partial charge in [0.15, 0.2) is 0 Å². The Morgan fingerprint density at radius 1 is 1.42 bits per heavy atom. The van der Waals surface area contributed by atoms with Crippen molar-refractivity contribution in [1.29, 1.82) is 0 Å². The number of carbonyl (C=O) groups is 1. The van der Waals surface area contributed by atoms with Gasteiger partial charge in [-0.1, -0.05) is 0 Å². The molecule has 1 aromatic rings. The predicted octanol–water partition coefficient (Wildman–Crippen LogP) is 1.33. The SMILES string of the molecule is Cc1cc(CN(C[C@@H]2CN(C)CCO2)C(=O)[C@H]2CCOC2)c(C)[nH]1. The maximum atomic E-state index is 13.0. The average molecular weight is 335 g/mol. The number of hydrogen-bond donors (Lipinski definition) is 1. The van der Waals surface area contributed by atoms with Crippen LogP contribution >= 0.6 is 0 Å². The van der Waals surface area contributed by atoms with Crippen LogP contribution in [0.3, 0.4) is 0 Å². The van der Waals surface area contributed by atoms with Gasteiger partial charge in [0.05, 0.1) is 25.2 Å². The molecule has 2 saturated heterocycles. The second-order valence-corrected chi connectivity index (χ2v) is 7.14. The number of nitrogens with zero attached hydrogens (tertiary/aromatic N) is 2.